The normalized spacial score (nSPS) is 18.5. The maximum absolute atomic E-state index is 5.88. The van der Waals surface area contributed by atoms with Gasteiger partial charge < -0.3 is 23.8 Å². The van der Waals surface area contributed by atoms with E-state index in [0.717, 1.165) is 42.4 Å². The summed E-state index contributed by atoms with van der Waals surface area (Å²) in [5.74, 6) is 3.38. The van der Waals surface area contributed by atoms with E-state index in [1.54, 1.807) is 14.2 Å². The van der Waals surface area contributed by atoms with E-state index in [-0.39, 0.29) is 6.04 Å². The first-order chi connectivity index (χ1) is 15.2. The maximum Gasteiger partial charge on any atom is 0.231 e. The molecule has 0 aliphatic carbocycles. The molecule has 31 heavy (non-hydrogen) atoms. The van der Waals surface area contributed by atoms with E-state index in [2.05, 4.69) is 36.9 Å². The molecule has 0 aromatic heterocycles. The third-order valence-corrected chi connectivity index (χ3v) is 6.87. The fraction of sp³-hybridized carbons (Fsp3) is 0.462. The van der Waals surface area contributed by atoms with Gasteiger partial charge in [0.2, 0.25) is 6.79 Å². The molecule has 3 aliphatic heterocycles. The Morgan fingerprint density at radius 1 is 1.03 bits per heavy atom. The molecule has 2 aromatic rings. The predicted octanol–water partition coefficient (Wildman–Crippen LogP) is 5.81. The topological polar surface area (TPSA) is 40.2 Å². The van der Waals surface area contributed by atoms with Crippen LogP contribution in [0.2, 0.25) is 0 Å². The van der Waals surface area contributed by atoms with E-state index in [1.807, 2.05) is 6.07 Å². The number of unbranched alkanes of at least 4 members (excludes halogenated alkanes) is 2. The third-order valence-electron chi connectivity index (χ3n) is 6.87. The summed E-state index contributed by atoms with van der Waals surface area (Å²) in [6, 6.07) is 8.84. The summed E-state index contributed by atoms with van der Waals surface area (Å²) in [6.07, 6.45) is 5.64. The van der Waals surface area contributed by atoms with Crippen LogP contribution in [0.3, 0.4) is 0 Å². The summed E-state index contributed by atoms with van der Waals surface area (Å²) < 4.78 is 22.9. The first kappa shape index (κ1) is 20.1. The number of fused-ring (bicyclic) bond motifs is 5. The van der Waals surface area contributed by atoms with Crippen molar-refractivity contribution < 1.29 is 18.9 Å². The van der Waals surface area contributed by atoms with Crippen LogP contribution >= 0.6 is 0 Å². The van der Waals surface area contributed by atoms with E-state index in [4.69, 9.17) is 18.9 Å². The molecule has 1 unspecified atom stereocenters. The van der Waals surface area contributed by atoms with Gasteiger partial charge >= 0.3 is 0 Å². The van der Waals surface area contributed by atoms with Crippen molar-refractivity contribution >= 4 is 11.3 Å². The van der Waals surface area contributed by atoms with Crippen molar-refractivity contribution in [3.63, 3.8) is 0 Å². The van der Waals surface area contributed by atoms with E-state index >= 15 is 0 Å². The molecular weight excluding hydrogens is 390 g/mol. The Bertz CT molecular complexity index is 1040. The summed E-state index contributed by atoms with van der Waals surface area (Å²) >= 11 is 0. The molecule has 2 aromatic carbocycles. The second-order valence-electron chi connectivity index (χ2n) is 8.53. The van der Waals surface area contributed by atoms with Crippen LogP contribution in [0.25, 0.3) is 11.3 Å². The molecule has 1 atom stereocenters. The van der Waals surface area contributed by atoms with Crippen LogP contribution in [-0.2, 0) is 6.42 Å². The predicted molar refractivity (Wildman–Crippen MR) is 122 cm³/mol. The van der Waals surface area contributed by atoms with Crippen molar-refractivity contribution in [3.8, 4) is 23.0 Å². The molecular formula is C26H31NO4. The first-order valence-electron chi connectivity index (χ1n) is 11.4. The standard InChI is InChI=1S/C26H31NO4/c1-5-6-7-8-19-18-9-10-21(28-3)26(29-4)24(18)16(2)27-12-11-17-13-22-23(31-15-30-22)14-20(17)25(19)27/h9-10,13-14,16H,5-8,11-12,15H2,1-4H3. The Labute approximate surface area is 184 Å². The molecule has 3 aliphatic rings. The molecule has 5 heteroatoms. The number of ether oxygens (including phenoxy) is 4. The van der Waals surface area contributed by atoms with Crippen LogP contribution in [-0.4, -0.2) is 32.5 Å². The molecule has 164 valence electrons. The molecule has 0 spiro atoms. The zero-order valence-corrected chi connectivity index (χ0v) is 18.9. The van der Waals surface area contributed by atoms with Crippen molar-refractivity contribution in [1.29, 1.82) is 0 Å². The van der Waals surface area contributed by atoms with Crippen LogP contribution in [0.15, 0.2) is 24.3 Å². The van der Waals surface area contributed by atoms with Crippen molar-refractivity contribution in [2.24, 2.45) is 0 Å². The second-order valence-corrected chi connectivity index (χ2v) is 8.53. The summed E-state index contributed by atoms with van der Waals surface area (Å²) in [7, 11) is 3.45. The Morgan fingerprint density at radius 3 is 2.58 bits per heavy atom. The van der Waals surface area contributed by atoms with Gasteiger partial charge in [0.05, 0.1) is 20.3 Å². The fourth-order valence-electron chi connectivity index (χ4n) is 5.36. The van der Waals surface area contributed by atoms with Gasteiger partial charge in [0.1, 0.15) is 0 Å². The van der Waals surface area contributed by atoms with Gasteiger partial charge in [0.25, 0.3) is 0 Å². The minimum Gasteiger partial charge on any atom is -0.493 e. The van der Waals surface area contributed by atoms with Gasteiger partial charge in [0, 0.05) is 23.4 Å². The maximum atomic E-state index is 5.88. The van der Waals surface area contributed by atoms with Crippen LogP contribution in [0, 0.1) is 0 Å². The largest absolute Gasteiger partial charge is 0.493 e. The van der Waals surface area contributed by atoms with Crippen molar-refractivity contribution in [2.75, 3.05) is 27.6 Å². The Hall–Kier alpha value is -2.82. The Morgan fingerprint density at radius 2 is 1.84 bits per heavy atom. The lowest BCUT2D eigenvalue weighted by Crippen LogP contribution is -2.36. The number of nitrogens with zero attached hydrogens (tertiary/aromatic N) is 1. The zero-order chi connectivity index (χ0) is 21.5. The number of methoxy groups -OCH3 is 2. The molecule has 5 nitrogen and oxygen atoms in total. The summed E-state index contributed by atoms with van der Waals surface area (Å²) in [4.78, 5) is 2.55. The van der Waals surface area contributed by atoms with E-state index in [0.29, 0.717) is 6.79 Å². The highest BCUT2D eigenvalue weighted by molar-refractivity contribution is 5.95. The molecule has 0 radical (unpaired) electrons. The van der Waals surface area contributed by atoms with E-state index in [1.165, 1.54) is 52.8 Å². The highest BCUT2D eigenvalue weighted by atomic mass is 16.7. The lowest BCUT2D eigenvalue weighted by atomic mass is 9.80. The zero-order valence-electron chi connectivity index (χ0n) is 18.9. The van der Waals surface area contributed by atoms with Crippen LogP contribution < -0.4 is 18.9 Å². The fourth-order valence-corrected chi connectivity index (χ4v) is 5.36. The van der Waals surface area contributed by atoms with Crippen LogP contribution in [0.1, 0.15) is 67.8 Å². The molecule has 0 saturated carbocycles. The number of allylic oxidation sites excluding steroid dienone is 1. The first-order valence-corrected chi connectivity index (χ1v) is 11.4. The van der Waals surface area contributed by atoms with E-state index in [9.17, 15) is 0 Å². The van der Waals surface area contributed by atoms with Gasteiger partial charge in [-0.25, -0.2) is 0 Å². The molecule has 0 amide bonds. The molecule has 0 bridgehead atoms. The lowest BCUT2D eigenvalue weighted by molar-refractivity contribution is 0.174. The van der Waals surface area contributed by atoms with E-state index < -0.39 is 0 Å². The Balaban J connectivity index is 1.74. The van der Waals surface area contributed by atoms with Gasteiger partial charge in [0.15, 0.2) is 23.0 Å². The number of hydrogen-bond acceptors (Lipinski definition) is 5. The minimum absolute atomic E-state index is 0.198. The quantitative estimate of drug-likeness (QED) is 0.550. The molecule has 0 fully saturated rings. The lowest BCUT2D eigenvalue weighted by Gasteiger charge is -2.44. The number of benzene rings is 2. The molecule has 0 saturated heterocycles. The highest BCUT2D eigenvalue weighted by Crippen LogP contribution is 2.53. The van der Waals surface area contributed by atoms with Crippen LogP contribution in [0.4, 0.5) is 0 Å². The Kier molecular flexibility index (Phi) is 5.20. The molecule has 0 N–H and O–H groups in total. The third kappa shape index (κ3) is 3.13. The van der Waals surface area contributed by atoms with Gasteiger partial charge in [-0.1, -0.05) is 25.8 Å². The summed E-state index contributed by atoms with van der Waals surface area (Å²) in [6.45, 7) is 5.81. The number of hydrogen-bond donors (Lipinski definition) is 0. The minimum atomic E-state index is 0.198. The molecule has 5 rings (SSSR count). The van der Waals surface area contributed by atoms with Crippen LogP contribution in [0.5, 0.6) is 23.0 Å². The smallest absolute Gasteiger partial charge is 0.231 e. The van der Waals surface area contributed by atoms with Gasteiger partial charge in [-0.3, -0.25) is 0 Å². The SMILES string of the molecule is CCCCCC1=C2c3cc4c(cc3CCN2C(C)c2c1ccc(OC)c2OC)OCO4. The van der Waals surface area contributed by atoms with Crippen molar-refractivity contribution in [2.45, 2.75) is 52.0 Å². The average Bonchev–Trinajstić information content (AvgIpc) is 3.25. The van der Waals surface area contributed by atoms with Gasteiger partial charge in [-0.15, -0.1) is 0 Å². The second kappa shape index (κ2) is 8.03. The van der Waals surface area contributed by atoms with Crippen molar-refractivity contribution in [1.82, 2.24) is 4.90 Å². The average molecular weight is 422 g/mol. The summed E-state index contributed by atoms with van der Waals surface area (Å²) in [5, 5.41) is 0. The number of rotatable bonds is 6. The molecule has 3 heterocycles. The van der Waals surface area contributed by atoms with Gasteiger partial charge in [-0.05, 0) is 61.1 Å². The summed E-state index contributed by atoms with van der Waals surface area (Å²) in [5.41, 5.74) is 7.92. The van der Waals surface area contributed by atoms with Crippen molar-refractivity contribution in [3.05, 3.63) is 46.5 Å². The monoisotopic (exact) mass is 421 g/mol. The van der Waals surface area contributed by atoms with Gasteiger partial charge in [-0.2, -0.15) is 0 Å². The highest BCUT2D eigenvalue weighted by Gasteiger charge is 2.37.